The van der Waals surface area contributed by atoms with Gasteiger partial charge in [0.15, 0.2) is 0 Å². The zero-order chi connectivity index (χ0) is 23.4. The number of H-pyrrole nitrogens is 1. The molecule has 0 bridgehead atoms. The quantitative estimate of drug-likeness (QED) is 0.253. The molecule has 1 heterocycles. The Morgan fingerprint density at radius 1 is 0.657 bits per heavy atom. The standard InChI is InChI=1S/C31H25NOS.Be/c1-30(2)21-12-8-6-10-18(21)27-22(30)13-14-25(33)28(27)29-32-24-15-19-17-9-5-7-11-20(17)31(3,4)23(19)16-26(24)34-29;/h5-16,33H,1-4H3;/q;+2. The molecule has 1 N–H and O–H groups in total. The SMILES string of the molecule is CC1(C)c2ccccc2-c2cc3[nH+]c(-c4c([O-])ccc5c4-c4ccccc4C5(C)C)sc3cc21.[Be+2]. The number of aromatic nitrogens is 1. The second kappa shape index (κ2) is 7.13. The van der Waals surface area contributed by atoms with Gasteiger partial charge in [-0.3, -0.25) is 0 Å². The fourth-order valence-corrected chi connectivity index (χ4v) is 7.36. The van der Waals surface area contributed by atoms with Crippen molar-refractivity contribution in [1.82, 2.24) is 0 Å². The predicted octanol–water partition coefficient (Wildman–Crippen LogP) is 6.69. The number of fused-ring (bicyclic) bond motifs is 7. The molecule has 35 heavy (non-hydrogen) atoms. The summed E-state index contributed by atoms with van der Waals surface area (Å²) >= 11 is 1.70. The fraction of sp³-hybridized carbons (Fsp3) is 0.194. The van der Waals surface area contributed by atoms with Gasteiger partial charge in [-0.05, 0) is 45.0 Å². The molecule has 0 spiro atoms. The Hall–Kier alpha value is -3.26. The minimum Gasteiger partial charge on any atom is -0.872 e. The van der Waals surface area contributed by atoms with Crippen LogP contribution >= 0.6 is 11.3 Å². The molecule has 7 rings (SSSR count). The summed E-state index contributed by atoms with van der Waals surface area (Å²) in [4.78, 5) is 3.65. The van der Waals surface area contributed by atoms with Gasteiger partial charge in [-0.25, -0.2) is 0 Å². The Morgan fingerprint density at radius 3 is 2.03 bits per heavy atom. The summed E-state index contributed by atoms with van der Waals surface area (Å²) in [5.41, 5.74) is 11.9. The van der Waals surface area contributed by atoms with Gasteiger partial charge in [0.2, 0.25) is 5.52 Å². The second-order valence-corrected chi connectivity index (χ2v) is 11.7. The molecule has 0 atom stereocenters. The van der Waals surface area contributed by atoms with Crippen molar-refractivity contribution in [3.05, 3.63) is 95.1 Å². The van der Waals surface area contributed by atoms with Gasteiger partial charge >= 0.3 is 10.1 Å². The number of thiazole rings is 1. The smallest absolute Gasteiger partial charge is 0.872 e. The molecule has 0 amide bonds. The van der Waals surface area contributed by atoms with Crippen LogP contribution in [0.4, 0.5) is 0 Å². The van der Waals surface area contributed by atoms with Gasteiger partial charge in [0, 0.05) is 22.5 Å². The van der Waals surface area contributed by atoms with E-state index in [0.29, 0.717) is 0 Å². The Morgan fingerprint density at radius 2 is 1.29 bits per heavy atom. The molecule has 5 aromatic rings. The van der Waals surface area contributed by atoms with Gasteiger partial charge in [-0.2, -0.15) is 4.98 Å². The van der Waals surface area contributed by atoms with Crippen LogP contribution in [0.15, 0.2) is 72.8 Å². The molecule has 0 saturated heterocycles. The monoisotopic (exact) mass is 468 g/mol. The van der Waals surface area contributed by atoms with Crippen LogP contribution in [-0.2, 0) is 10.8 Å². The summed E-state index contributed by atoms with van der Waals surface area (Å²) in [5, 5.41) is 14.3. The van der Waals surface area contributed by atoms with Gasteiger partial charge in [0.1, 0.15) is 4.70 Å². The van der Waals surface area contributed by atoms with Gasteiger partial charge < -0.3 is 5.11 Å². The first kappa shape index (κ1) is 22.2. The largest absolute Gasteiger partial charge is 2.00 e. The van der Waals surface area contributed by atoms with Crippen molar-refractivity contribution in [1.29, 1.82) is 0 Å². The maximum absolute atomic E-state index is 13.3. The third kappa shape index (κ3) is 2.77. The maximum atomic E-state index is 13.3. The van der Waals surface area contributed by atoms with Crippen LogP contribution in [0.1, 0.15) is 49.9 Å². The minimum absolute atomic E-state index is 0. The van der Waals surface area contributed by atoms with E-state index in [0.717, 1.165) is 21.7 Å². The molecule has 0 unspecified atom stereocenters. The van der Waals surface area contributed by atoms with Gasteiger partial charge in [0.05, 0.1) is 5.56 Å². The van der Waals surface area contributed by atoms with E-state index in [9.17, 15) is 5.11 Å². The van der Waals surface area contributed by atoms with Crippen molar-refractivity contribution < 1.29 is 10.1 Å². The normalized spacial score (nSPS) is 15.8. The van der Waals surface area contributed by atoms with E-state index in [2.05, 4.69) is 93.3 Å². The molecule has 2 nitrogen and oxygen atoms in total. The van der Waals surface area contributed by atoms with E-state index in [-0.39, 0.29) is 26.7 Å². The molecule has 1 aromatic heterocycles. The molecule has 4 heteroatoms. The molecule has 166 valence electrons. The molecule has 4 aromatic carbocycles. The average molecular weight is 469 g/mol. The maximum Gasteiger partial charge on any atom is 2.00 e. The van der Waals surface area contributed by atoms with E-state index in [4.69, 9.17) is 0 Å². The molecule has 2 aliphatic carbocycles. The number of aromatic amines is 1. The third-order valence-corrected chi connectivity index (χ3v) is 9.15. The number of benzene rings is 4. The molecular weight excluding hydrogens is 443 g/mol. The minimum atomic E-state index is -0.125. The number of hydrogen-bond donors (Lipinski definition) is 0. The Kier molecular flexibility index (Phi) is 4.53. The van der Waals surface area contributed by atoms with Crippen molar-refractivity contribution in [2.24, 2.45) is 0 Å². The van der Waals surface area contributed by atoms with Crippen LogP contribution in [0.25, 0.3) is 43.0 Å². The zero-order valence-corrected chi connectivity index (χ0v) is 21.3. The molecule has 0 aliphatic heterocycles. The van der Waals surface area contributed by atoms with E-state index in [1.165, 1.54) is 43.6 Å². The summed E-state index contributed by atoms with van der Waals surface area (Å²) in [7, 11) is 0. The summed E-state index contributed by atoms with van der Waals surface area (Å²) in [5.74, 6) is 0.0762. The molecular formula is C31H25BeNOS+2. The molecule has 0 saturated carbocycles. The van der Waals surface area contributed by atoms with Crippen LogP contribution in [0.2, 0.25) is 0 Å². The Bertz CT molecular complexity index is 1680. The third-order valence-electron chi connectivity index (χ3n) is 8.08. The first-order valence-corrected chi connectivity index (χ1v) is 12.6. The number of nitrogens with one attached hydrogen (secondary N) is 1. The molecule has 2 aliphatic rings. The van der Waals surface area contributed by atoms with Gasteiger partial charge in [0.25, 0.3) is 5.01 Å². The first-order valence-electron chi connectivity index (χ1n) is 11.8. The zero-order valence-electron chi connectivity index (χ0n) is 20.5. The van der Waals surface area contributed by atoms with Crippen molar-refractivity contribution in [3.8, 4) is 38.6 Å². The van der Waals surface area contributed by atoms with Gasteiger partial charge in [-0.1, -0.05) is 105 Å². The van der Waals surface area contributed by atoms with Crippen LogP contribution < -0.4 is 10.1 Å². The Labute approximate surface area is 213 Å². The summed E-state index contributed by atoms with van der Waals surface area (Å²) in [6.45, 7) is 9.12. The van der Waals surface area contributed by atoms with E-state index >= 15 is 0 Å². The van der Waals surface area contributed by atoms with Crippen LogP contribution in [0.5, 0.6) is 5.75 Å². The van der Waals surface area contributed by atoms with Crippen LogP contribution in [0.3, 0.4) is 0 Å². The van der Waals surface area contributed by atoms with Gasteiger partial charge in [-0.15, -0.1) is 0 Å². The van der Waals surface area contributed by atoms with Crippen molar-refractivity contribution >= 4 is 31.7 Å². The van der Waals surface area contributed by atoms with E-state index in [1.54, 1.807) is 17.4 Å². The Balaban J connectivity index is 0.00000229. The predicted molar refractivity (Wildman–Crippen MR) is 144 cm³/mol. The van der Waals surface area contributed by atoms with Crippen molar-refractivity contribution in [2.45, 2.75) is 38.5 Å². The first-order chi connectivity index (χ1) is 16.3. The van der Waals surface area contributed by atoms with E-state index in [1.807, 2.05) is 6.07 Å². The van der Waals surface area contributed by atoms with Crippen molar-refractivity contribution in [3.63, 3.8) is 0 Å². The topological polar surface area (TPSA) is 37.2 Å². The van der Waals surface area contributed by atoms with Crippen molar-refractivity contribution in [2.75, 3.05) is 0 Å². The van der Waals surface area contributed by atoms with E-state index < -0.39 is 0 Å². The van der Waals surface area contributed by atoms with Crippen LogP contribution in [0, 0.1) is 0 Å². The average Bonchev–Trinajstić information content (AvgIpc) is 3.41. The van der Waals surface area contributed by atoms with Crippen LogP contribution in [-0.4, -0.2) is 10.1 Å². The summed E-state index contributed by atoms with van der Waals surface area (Å²) in [6.07, 6.45) is 0. The summed E-state index contributed by atoms with van der Waals surface area (Å²) in [6, 6.07) is 25.6. The molecule has 0 fully saturated rings. The number of rotatable bonds is 1. The second-order valence-electron chi connectivity index (χ2n) is 10.7. The number of hydrogen-bond acceptors (Lipinski definition) is 2. The fourth-order valence-electron chi connectivity index (χ4n) is 6.28. The molecule has 0 radical (unpaired) electrons. The summed E-state index contributed by atoms with van der Waals surface area (Å²) < 4.78 is 1.19.